The molecule has 2 heterocycles. The van der Waals surface area contributed by atoms with Gasteiger partial charge in [0, 0.05) is 34.8 Å². The second kappa shape index (κ2) is 9.44. The number of aryl methyl sites for hydroxylation is 1. The third-order valence-corrected chi connectivity index (χ3v) is 6.49. The monoisotopic (exact) mass is 476 g/mol. The van der Waals surface area contributed by atoms with E-state index in [0.717, 1.165) is 31.0 Å². The van der Waals surface area contributed by atoms with Crippen LogP contribution in [0.4, 0.5) is 14.5 Å². The molecule has 1 unspecified atom stereocenters. The fraction of sp³-hybridized carbons (Fsp3) is 0.296. The van der Waals surface area contributed by atoms with Crippen LogP contribution < -0.4 is 15.7 Å². The summed E-state index contributed by atoms with van der Waals surface area (Å²) in [5.41, 5.74) is 4.89. The molecule has 1 aliphatic heterocycles. The van der Waals surface area contributed by atoms with Crippen LogP contribution in [0.1, 0.15) is 57.2 Å². The molecular formula is C27H30F2N6. The van der Waals surface area contributed by atoms with Gasteiger partial charge in [0.05, 0.1) is 11.7 Å². The first-order valence-electron chi connectivity index (χ1n) is 11.7. The minimum absolute atomic E-state index is 0.181. The van der Waals surface area contributed by atoms with Crippen molar-refractivity contribution in [2.75, 3.05) is 4.90 Å². The van der Waals surface area contributed by atoms with Crippen LogP contribution in [0, 0.1) is 34.8 Å². The van der Waals surface area contributed by atoms with Crippen LogP contribution in [0.5, 0.6) is 0 Å². The Morgan fingerprint density at radius 3 is 2.54 bits per heavy atom. The molecular weight excluding hydrogens is 446 g/mol. The van der Waals surface area contributed by atoms with Gasteiger partial charge in [0.15, 0.2) is 0 Å². The minimum atomic E-state index is -0.684. The van der Waals surface area contributed by atoms with Crippen molar-refractivity contribution in [3.8, 4) is 0 Å². The molecule has 0 fully saturated rings. The molecule has 1 atom stereocenters. The molecule has 0 spiro atoms. The predicted octanol–water partition coefficient (Wildman–Crippen LogP) is 5.82. The van der Waals surface area contributed by atoms with Gasteiger partial charge in [-0.3, -0.25) is 15.4 Å². The first-order chi connectivity index (χ1) is 16.6. The maximum absolute atomic E-state index is 15.0. The fourth-order valence-corrected chi connectivity index (χ4v) is 4.70. The molecule has 0 bridgehead atoms. The summed E-state index contributed by atoms with van der Waals surface area (Å²) < 4.78 is 30.2. The standard InChI is InChI=1S/C27H30F2N6/c1-5-18-8-6-7-9-23(18)33-27-24(16(3)30)25(21-11-10-19(28)13-22(21)29)35(27)20-12-15(2)26(32)34(14-20)17(4)31/h6,8,10-14,25,30-33H,5,7,9H2,1-4H3. The number of nitrogens with one attached hydrogen (secondary N) is 4. The van der Waals surface area contributed by atoms with E-state index in [1.54, 1.807) is 27.0 Å². The molecule has 8 heteroatoms. The summed E-state index contributed by atoms with van der Waals surface area (Å²) in [4.78, 5) is 1.88. The zero-order chi connectivity index (χ0) is 25.4. The Morgan fingerprint density at radius 1 is 1.17 bits per heavy atom. The van der Waals surface area contributed by atoms with Crippen LogP contribution >= 0.6 is 0 Å². The fourth-order valence-electron chi connectivity index (χ4n) is 4.70. The summed E-state index contributed by atoms with van der Waals surface area (Å²) in [6.07, 6.45) is 8.49. The van der Waals surface area contributed by atoms with Gasteiger partial charge in [-0.25, -0.2) is 8.78 Å². The number of aromatic nitrogens is 1. The molecule has 182 valence electrons. The molecule has 35 heavy (non-hydrogen) atoms. The molecule has 1 aliphatic carbocycles. The Balaban J connectivity index is 1.95. The smallest absolute Gasteiger partial charge is 0.133 e. The summed E-state index contributed by atoms with van der Waals surface area (Å²) in [7, 11) is 0. The van der Waals surface area contributed by atoms with Crippen LogP contribution in [-0.2, 0) is 0 Å². The number of nitrogens with zero attached hydrogens (tertiary/aromatic N) is 2. The van der Waals surface area contributed by atoms with E-state index in [-0.39, 0.29) is 22.6 Å². The molecule has 1 aromatic carbocycles. The van der Waals surface area contributed by atoms with Crippen molar-refractivity contribution in [1.29, 1.82) is 16.2 Å². The highest BCUT2D eigenvalue weighted by Crippen LogP contribution is 2.47. The Labute approximate surface area is 203 Å². The number of anilines is 1. The van der Waals surface area contributed by atoms with E-state index in [1.807, 2.05) is 11.0 Å². The van der Waals surface area contributed by atoms with Crippen LogP contribution in [0.3, 0.4) is 0 Å². The van der Waals surface area contributed by atoms with Crippen molar-refractivity contribution in [2.45, 2.75) is 53.0 Å². The van der Waals surface area contributed by atoms with E-state index >= 15 is 4.39 Å². The second-order valence-electron chi connectivity index (χ2n) is 8.93. The average Bonchev–Trinajstić information content (AvgIpc) is 2.79. The molecule has 0 amide bonds. The highest BCUT2D eigenvalue weighted by atomic mass is 19.1. The van der Waals surface area contributed by atoms with Gasteiger partial charge >= 0.3 is 0 Å². The number of halogens is 2. The zero-order valence-corrected chi connectivity index (χ0v) is 20.4. The number of hydrogen-bond acceptors (Lipinski definition) is 5. The lowest BCUT2D eigenvalue weighted by Crippen LogP contribution is -2.49. The van der Waals surface area contributed by atoms with Crippen LogP contribution in [0.15, 0.2) is 65.3 Å². The number of benzene rings is 1. The third kappa shape index (κ3) is 4.36. The van der Waals surface area contributed by atoms with Gasteiger partial charge in [0.2, 0.25) is 0 Å². The van der Waals surface area contributed by atoms with Gasteiger partial charge in [0.1, 0.15) is 28.8 Å². The van der Waals surface area contributed by atoms with Gasteiger partial charge in [-0.05, 0) is 63.3 Å². The lowest BCUT2D eigenvalue weighted by atomic mass is 9.85. The van der Waals surface area contributed by atoms with Crippen molar-refractivity contribution in [2.24, 2.45) is 0 Å². The maximum atomic E-state index is 15.0. The zero-order valence-electron chi connectivity index (χ0n) is 20.4. The van der Waals surface area contributed by atoms with Crippen molar-refractivity contribution < 1.29 is 8.78 Å². The van der Waals surface area contributed by atoms with Gasteiger partial charge in [-0.1, -0.05) is 25.1 Å². The Morgan fingerprint density at radius 2 is 1.91 bits per heavy atom. The Bertz CT molecular complexity index is 1380. The van der Waals surface area contributed by atoms with E-state index in [0.29, 0.717) is 22.6 Å². The number of hydrogen-bond donors (Lipinski definition) is 4. The molecule has 2 aliphatic rings. The average molecular weight is 477 g/mol. The van der Waals surface area contributed by atoms with Gasteiger partial charge in [-0.2, -0.15) is 0 Å². The van der Waals surface area contributed by atoms with Crippen molar-refractivity contribution in [3.63, 3.8) is 0 Å². The number of allylic oxidation sites excluding steroid dienone is 4. The van der Waals surface area contributed by atoms with Crippen molar-refractivity contribution in [1.82, 2.24) is 9.88 Å². The summed E-state index contributed by atoms with van der Waals surface area (Å²) in [6, 6.07) is 4.67. The highest BCUT2D eigenvalue weighted by molar-refractivity contribution is 6.02. The number of pyridine rings is 1. The third-order valence-electron chi connectivity index (χ3n) is 6.49. The lowest BCUT2D eigenvalue weighted by Gasteiger charge is -2.47. The minimum Gasteiger partial charge on any atom is -0.345 e. The first-order valence-corrected chi connectivity index (χ1v) is 11.7. The predicted molar refractivity (Wildman–Crippen MR) is 135 cm³/mol. The van der Waals surface area contributed by atoms with E-state index in [2.05, 4.69) is 24.4 Å². The van der Waals surface area contributed by atoms with Crippen molar-refractivity contribution >= 4 is 17.2 Å². The molecule has 4 rings (SSSR count). The van der Waals surface area contributed by atoms with E-state index < -0.39 is 17.7 Å². The summed E-state index contributed by atoms with van der Waals surface area (Å²) in [6.45, 7) is 7.15. The second-order valence-corrected chi connectivity index (χ2v) is 8.93. The quantitative estimate of drug-likeness (QED) is 0.313. The summed E-state index contributed by atoms with van der Waals surface area (Å²) >= 11 is 0. The summed E-state index contributed by atoms with van der Waals surface area (Å²) in [5, 5.41) is 28.5. The molecule has 2 aromatic rings. The van der Waals surface area contributed by atoms with Gasteiger partial charge < -0.3 is 15.6 Å². The van der Waals surface area contributed by atoms with Crippen LogP contribution in [0.2, 0.25) is 0 Å². The molecule has 0 saturated carbocycles. The normalized spacial score (nSPS) is 17.5. The molecule has 0 saturated heterocycles. The topological polar surface area (TPSA) is 91.8 Å². The van der Waals surface area contributed by atoms with Crippen molar-refractivity contribution in [3.05, 3.63) is 93.5 Å². The van der Waals surface area contributed by atoms with Crippen LogP contribution in [-0.4, -0.2) is 16.1 Å². The van der Waals surface area contributed by atoms with Crippen LogP contribution in [0.25, 0.3) is 0 Å². The molecule has 6 nitrogen and oxygen atoms in total. The number of rotatable bonds is 6. The Kier molecular flexibility index (Phi) is 6.56. The Hall–Kier alpha value is -3.81. The molecule has 4 N–H and O–H groups in total. The first kappa shape index (κ1) is 24.3. The highest BCUT2D eigenvalue weighted by Gasteiger charge is 2.43. The van der Waals surface area contributed by atoms with Gasteiger partial charge in [0.25, 0.3) is 0 Å². The van der Waals surface area contributed by atoms with E-state index in [9.17, 15) is 4.39 Å². The summed E-state index contributed by atoms with van der Waals surface area (Å²) in [5.74, 6) is -0.503. The SMILES string of the molecule is CCC1=C(NC2=C(C(C)=N)C(c3ccc(F)cc3F)N2c2cc(C)c(=N)n(C(C)=N)c2)CCC=C1. The largest absolute Gasteiger partial charge is 0.345 e. The van der Waals surface area contributed by atoms with E-state index in [4.69, 9.17) is 16.2 Å². The van der Waals surface area contributed by atoms with Gasteiger partial charge in [-0.15, -0.1) is 0 Å². The lowest BCUT2D eigenvalue weighted by molar-refractivity contribution is 0.545. The maximum Gasteiger partial charge on any atom is 0.133 e. The van der Waals surface area contributed by atoms with E-state index in [1.165, 1.54) is 22.3 Å². The molecule has 1 aromatic heterocycles. The molecule has 0 radical (unpaired) electrons.